The number of allylic oxidation sites excluding steroid dienone is 1. The van der Waals surface area contributed by atoms with E-state index in [0.717, 1.165) is 19.3 Å². The van der Waals surface area contributed by atoms with Crippen molar-refractivity contribution >= 4 is 50.2 Å². The number of fused-ring (bicyclic) bond motifs is 1. The molecule has 5 rings (SSSR count). The number of hydrogen-bond acceptors (Lipinski definition) is 8. The number of ether oxygens (including phenoxy) is 1. The zero-order chi connectivity index (χ0) is 31.6. The van der Waals surface area contributed by atoms with Gasteiger partial charge in [0.1, 0.15) is 11.6 Å². The van der Waals surface area contributed by atoms with E-state index in [2.05, 4.69) is 26.6 Å². The van der Waals surface area contributed by atoms with E-state index in [4.69, 9.17) is 16.3 Å². The van der Waals surface area contributed by atoms with Crippen molar-refractivity contribution in [3.8, 4) is 5.88 Å². The van der Waals surface area contributed by atoms with Gasteiger partial charge < -0.3 is 15.0 Å². The van der Waals surface area contributed by atoms with Crippen LogP contribution in [0.15, 0.2) is 36.9 Å². The van der Waals surface area contributed by atoms with Crippen LogP contribution in [0.3, 0.4) is 0 Å². The second-order valence-electron chi connectivity index (χ2n) is 12.2. The molecule has 3 saturated carbocycles. The van der Waals surface area contributed by atoms with Crippen LogP contribution in [0.5, 0.6) is 5.88 Å². The van der Waals surface area contributed by atoms with Gasteiger partial charge in [0, 0.05) is 13.6 Å². The molecule has 0 bridgehead atoms. The lowest BCUT2D eigenvalue weighted by Crippen LogP contribution is -2.54. The fourth-order valence-corrected chi connectivity index (χ4v) is 7.79. The van der Waals surface area contributed by atoms with Gasteiger partial charge in [0.25, 0.3) is 5.91 Å². The zero-order valence-electron chi connectivity index (χ0n) is 25.1. The molecule has 0 radical (unpaired) electrons. The summed E-state index contributed by atoms with van der Waals surface area (Å²) in [6.45, 7) is 6.16. The average Bonchev–Trinajstić information content (AvgIpc) is 3.91. The maximum atomic E-state index is 14.0. The van der Waals surface area contributed by atoms with Gasteiger partial charge in [0.05, 0.1) is 28.0 Å². The summed E-state index contributed by atoms with van der Waals surface area (Å²) < 4.78 is 33.6. The fraction of sp³-hybridized carbons (Fsp3) is 0.581. The summed E-state index contributed by atoms with van der Waals surface area (Å²) in [7, 11) is -2.07. The first-order valence-electron chi connectivity index (χ1n) is 15.3. The highest BCUT2D eigenvalue weighted by Crippen LogP contribution is 2.47. The Balaban J connectivity index is 1.36. The third-order valence-corrected chi connectivity index (χ3v) is 11.1. The molecule has 0 aliphatic heterocycles. The molecule has 1 aromatic heterocycles. The molecular weight excluding hydrogens is 606 g/mol. The van der Waals surface area contributed by atoms with Crippen molar-refractivity contribution in [1.29, 1.82) is 0 Å². The normalized spacial score (nSPS) is 26.2. The van der Waals surface area contributed by atoms with E-state index in [9.17, 15) is 22.8 Å². The van der Waals surface area contributed by atoms with Crippen LogP contribution in [0.1, 0.15) is 64.7 Å². The molecule has 1 heterocycles. The number of amides is 3. The average molecular weight is 646 g/mol. The number of unbranched alkanes of at least 4 members (excludes halogenated alkanes) is 2. The number of para-hydroxylation sites is 1. The van der Waals surface area contributed by atoms with Gasteiger partial charge in [-0.2, -0.15) is 4.98 Å². The number of aromatic nitrogens is 2. The second-order valence-corrected chi connectivity index (χ2v) is 14.5. The van der Waals surface area contributed by atoms with E-state index in [-0.39, 0.29) is 35.8 Å². The van der Waals surface area contributed by atoms with Gasteiger partial charge in [-0.3, -0.25) is 19.1 Å². The van der Waals surface area contributed by atoms with Crippen LogP contribution >= 0.6 is 11.6 Å². The lowest BCUT2D eigenvalue weighted by Gasteiger charge is -2.26. The Morgan fingerprint density at radius 1 is 1.16 bits per heavy atom. The smallest absolute Gasteiger partial charge is 0.259 e. The Bertz CT molecular complexity index is 1550. The first kappa shape index (κ1) is 32.2. The molecule has 2 aromatic rings. The van der Waals surface area contributed by atoms with Gasteiger partial charge in [0.15, 0.2) is 0 Å². The van der Waals surface area contributed by atoms with Gasteiger partial charge in [-0.25, -0.2) is 13.4 Å². The summed E-state index contributed by atoms with van der Waals surface area (Å²) >= 11 is 6.17. The predicted molar refractivity (Wildman–Crippen MR) is 166 cm³/mol. The summed E-state index contributed by atoms with van der Waals surface area (Å²) in [5.74, 6) is -2.79. The number of nitrogens with zero attached hydrogens (tertiary/aromatic N) is 3. The van der Waals surface area contributed by atoms with E-state index in [0.29, 0.717) is 43.1 Å². The van der Waals surface area contributed by atoms with Crippen LogP contribution in [0.25, 0.3) is 10.9 Å². The molecule has 3 fully saturated rings. The van der Waals surface area contributed by atoms with Crippen molar-refractivity contribution in [1.82, 2.24) is 24.9 Å². The number of sulfonamides is 1. The van der Waals surface area contributed by atoms with Crippen molar-refractivity contribution in [2.75, 3.05) is 13.6 Å². The molecule has 1 aromatic carbocycles. The van der Waals surface area contributed by atoms with Crippen molar-refractivity contribution in [3.05, 3.63) is 42.2 Å². The molecule has 3 aliphatic rings. The summed E-state index contributed by atoms with van der Waals surface area (Å²) in [5, 5.41) is 3.01. The number of hydrogen-bond donors (Lipinski definition) is 2. The third kappa shape index (κ3) is 6.86. The predicted octanol–water partition coefficient (Wildman–Crippen LogP) is 3.76. The van der Waals surface area contributed by atoms with Crippen LogP contribution in [0.4, 0.5) is 0 Å². The minimum absolute atomic E-state index is 0.0197. The van der Waals surface area contributed by atoms with Crippen LogP contribution in [-0.4, -0.2) is 71.5 Å². The van der Waals surface area contributed by atoms with E-state index >= 15 is 0 Å². The highest BCUT2D eigenvalue weighted by Gasteiger charge is 2.62. The Kier molecular flexibility index (Phi) is 9.50. The number of benzene rings is 1. The molecular formula is C31H40ClN5O6S. The lowest BCUT2D eigenvalue weighted by molar-refractivity contribution is -0.140. The summed E-state index contributed by atoms with van der Waals surface area (Å²) in [6.07, 6.45) is 6.25. The standard InChI is InChI=1S/C31H40ClN5O6S/c1-4-6-7-10-15-37(3)28(39)24-17-20(43-27-22-11-8-9-12-25(22)33-30(32)34-27)16-23(24)26(38)35-31(18-19(31)5-2)29(40)36-44(41,42)21-13-14-21/h4,8-9,11-12,19-21,23-24H,1,5-7,10,13-18H2,2-3H3,(H,35,38)(H,36,40)/t19-,20-,23-,24-,31-/m1/s1. The first-order chi connectivity index (χ1) is 21.0. The number of carbonyl (C=O) groups is 3. The van der Waals surface area contributed by atoms with Gasteiger partial charge in [-0.15, -0.1) is 6.58 Å². The fourth-order valence-electron chi connectivity index (χ4n) is 6.25. The Hall–Kier alpha value is -3.25. The summed E-state index contributed by atoms with van der Waals surface area (Å²) in [5.41, 5.74) is -0.719. The van der Waals surface area contributed by atoms with Gasteiger partial charge in [0.2, 0.25) is 33.0 Å². The summed E-state index contributed by atoms with van der Waals surface area (Å²) in [4.78, 5) is 51.2. The third-order valence-electron chi connectivity index (χ3n) is 9.07. The van der Waals surface area contributed by atoms with E-state index < -0.39 is 50.6 Å². The minimum atomic E-state index is -3.79. The van der Waals surface area contributed by atoms with Crippen molar-refractivity contribution in [2.24, 2.45) is 17.8 Å². The maximum absolute atomic E-state index is 14.0. The van der Waals surface area contributed by atoms with Crippen LogP contribution in [0.2, 0.25) is 5.28 Å². The molecule has 0 saturated heterocycles. The molecule has 3 aliphatic carbocycles. The number of carbonyl (C=O) groups excluding carboxylic acids is 3. The molecule has 238 valence electrons. The largest absolute Gasteiger partial charge is 0.474 e. The molecule has 44 heavy (non-hydrogen) atoms. The van der Waals surface area contributed by atoms with Gasteiger partial charge in [-0.05, 0) is 81.0 Å². The first-order valence-corrected chi connectivity index (χ1v) is 17.2. The Labute approximate surface area is 263 Å². The number of halogens is 1. The van der Waals surface area contributed by atoms with Crippen molar-refractivity contribution in [3.63, 3.8) is 0 Å². The molecule has 0 unspecified atom stereocenters. The topological polar surface area (TPSA) is 148 Å². The van der Waals surface area contributed by atoms with E-state index in [1.165, 1.54) is 0 Å². The quantitative estimate of drug-likeness (QED) is 0.179. The molecule has 5 atom stereocenters. The summed E-state index contributed by atoms with van der Waals surface area (Å²) in [6, 6.07) is 7.27. The van der Waals surface area contributed by atoms with Gasteiger partial charge in [-0.1, -0.05) is 31.6 Å². The van der Waals surface area contributed by atoms with E-state index in [1.54, 1.807) is 18.0 Å². The molecule has 0 spiro atoms. The molecule has 3 amide bonds. The highest BCUT2D eigenvalue weighted by atomic mass is 35.5. The molecule has 2 N–H and O–H groups in total. The monoisotopic (exact) mass is 645 g/mol. The Morgan fingerprint density at radius 3 is 2.57 bits per heavy atom. The van der Waals surface area contributed by atoms with Crippen molar-refractivity contribution in [2.45, 2.75) is 81.6 Å². The maximum Gasteiger partial charge on any atom is 0.259 e. The van der Waals surface area contributed by atoms with E-state index in [1.807, 2.05) is 31.2 Å². The lowest BCUT2D eigenvalue weighted by atomic mass is 9.93. The number of rotatable bonds is 14. The highest BCUT2D eigenvalue weighted by molar-refractivity contribution is 7.91. The SMILES string of the molecule is C=CCCCCN(C)C(=O)[C@@H]1C[C@H](Oc2nc(Cl)nc3ccccc23)C[C@H]1C(=O)N[C@]1(C(=O)NS(=O)(=O)C2CC2)C[C@H]1CC. The molecule has 13 heteroatoms. The Morgan fingerprint density at radius 2 is 1.89 bits per heavy atom. The van der Waals surface area contributed by atoms with Crippen molar-refractivity contribution < 1.29 is 27.5 Å². The minimum Gasteiger partial charge on any atom is -0.474 e. The van der Waals surface area contributed by atoms with Crippen LogP contribution < -0.4 is 14.8 Å². The van der Waals surface area contributed by atoms with Crippen LogP contribution in [-0.2, 0) is 24.4 Å². The van der Waals surface area contributed by atoms with Crippen LogP contribution in [0, 0.1) is 17.8 Å². The number of nitrogens with one attached hydrogen (secondary N) is 2. The zero-order valence-corrected chi connectivity index (χ0v) is 26.7. The second kappa shape index (κ2) is 13.0. The molecule has 11 nitrogen and oxygen atoms in total. The van der Waals surface area contributed by atoms with Gasteiger partial charge >= 0.3 is 0 Å².